The molecule has 2 aliphatic rings. The molecule has 2 heterocycles. The summed E-state index contributed by atoms with van der Waals surface area (Å²) in [6.45, 7) is 3.60. The highest BCUT2D eigenvalue weighted by Crippen LogP contribution is 2.34. The van der Waals surface area contributed by atoms with Crippen LogP contribution in [-0.4, -0.2) is 51.2 Å². The molecule has 1 atom stereocenters. The molecule has 0 aliphatic carbocycles. The number of nitrogens with zero attached hydrogens (tertiary/aromatic N) is 2. The zero-order chi connectivity index (χ0) is 21.8. The number of benzene rings is 2. The first kappa shape index (κ1) is 21.6. The van der Waals surface area contributed by atoms with Gasteiger partial charge in [-0.3, -0.25) is 14.0 Å². The summed E-state index contributed by atoms with van der Waals surface area (Å²) in [6, 6.07) is 15.1. The summed E-state index contributed by atoms with van der Waals surface area (Å²) < 4.78 is 31.4. The van der Waals surface area contributed by atoms with Crippen LogP contribution in [-0.2, 0) is 27.9 Å². The molecule has 1 fully saturated rings. The van der Waals surface area contributed by atoms with Crippen LogP contribution in [0.2, 0.25) is 0 Å². The Morgan fingerprint density at radius 3 is 2.42 bits per heavy atom. The second-order valence-corrected chi connectivity index (χ2v) is 10.1. The Morgan fingerprint density at radius 2 is 1.71 bits per heavy atom. The van der Waals surface area contributed by atoms with Crippen molar-refractivity contribution in [1.29, 1.82) is 0 Å². The molecule has 0 saturated carbocycles. The normalized spacial score (nSPS) is 19.4. The molecule has 1 amide bonds. The monoisotopic (exact) mass is 443 g/mol. The van der Waals surface area contributed by atoms with Gasteiger partial charge in [-0.25, -0.2) is 8.42 Å². The van der Waals surface area contributed by atoms with Gasteiger partial charge in [0.1, 0.15) is 5.75 Å². The summed E-state index contributed by atoms with van der Waals surface area (Å²) in [4.78, 5) is 15.2. The van der Waals surface area contributed by atoms with Gasteiger partial charge in [0.25, 0.3) is 5.91 Å². The number of hydrogen-bond acceptors (Lipinski definition) is 5. The molecule has 7 nitrogen and oxygen atoms in total. The van der Waals surface area contributed by atoms with Crippen molar-refractivity contribution in [1.82, 2.24) is 10.2 Å². The van der Waals surface area contributed by atoms with E-state index in [0.29, 0.717) is 18.0 Å². The molecule has 2 aliphatic heterocycles. The lowest BCUT2D eigenvalue weighted by Crippen LogP contribution is -2.50. The molecule has 8 heteroatoms. The van der Waals surface area contributed by atoms with Gasteiger partial charge in [-0.1, -0.05) is 42.8 Å². The summed E-state index contributed by atoms with van der Waals surface area (Å²) in [5, 5.41) is 2.88. The summed E-state index contributed by atoms with van der Waals surface area (Å²) >= 11 is 0. The van der Waals surface area contributed by atoms with Crippen LogP contribution in [0.25, 0.3) is 0 Å². The number of amides is 1. The van der Waals surface area contributed by atoms with Crippen LogP contribution in [0.4, 0.5) is 5.69 Å². The van der Waals surface area contributed by atoms with E-state index in [1.165, 1.54) is 29.1 Å². The molecule has 0 bridgehead atoms. The van der Waals surface area contributed by atoms with E-state index in [2.05, 4.69) is 22.3 Å². The molecule has 0 spiro atoms. The average Bonchev–Trinajstić information content (AvgIpc) is 2.77. The quantitative estimate of drug-likeness (QED) is 0.742. The number of piperidine rings is 1. The number of anilines is 1. The number of nitrogens with one attached hydrogen (secondary N) is 1. The van der Waals surface area contributed by atoms with Gasteiger partial charge in [0, 0.05) is 13.1 Å². The Kier molecular flexibility index (Phi) is 6.48. The third-order valence-corrected chi connectivity index (χ3v) is 6.92. The van der Waals surface area contributed by atoms with Crippen LogP contribution in [0.15, 0.2) is 48.5 Å². The van der Waals surface area contributed by atoms with Gasteiger partial charge >= 0.3 is 0 Å². The van der Waals surface area contributed by atoms with Crippen molar-refractivity contribution in [2.24, 2.45) is 0 Å². The molecule has 0 radical (unpaired) electrons. The van der Waals surface area contributed by atoms with E-state index in [-0.39, 0.29) is 12.5 Å². The van der Waals surface area contributed by atoms with Crippen LogP contribution in [0.5, 0.6) is 5.75 Å². The van der Waals surface area contributed by atoms with Crippen LogP contribution >= 0.6 is 0 Å². The maximum absolute atomic E-state index is 12.7. The van der Waals surface area contributed by atoms with Crippen molar-refractivity contribution in [2.45, 2.75) is 38.5 Å². The average molecular weight is 444 g/mol. The van der Waals surface area contributed by atoms with Crippen molar-refractivity contribution < 1.29 is 17.9 Å². The number of likely N-dealkylation sites (tertiary alicyclic amines) is 1. The van der Waals surface area contributed by atoms with Gasteiger partial charge in [-0.2, -0.15) is 0 Å². The molecule has 0 aromatic heterocycles. The molecule has 166 valence electrons. The number of carbonyl (C=O) groups excluding carboxylic acids is 1. The van der Waals surface area contributed by atoms with Crippen LogP contribution in [0, 0.1) is 0 Å². The lowest BCUT2D eigenvalue weighted by atomic mass is 10.1. The van der Waals surface area contributed by atoms with Crippen LogP contribution < -0.4 is 14.4 Å². The van der Waals surface area contributed by atoms with Crippen LogP contribution in [0.1, 0.15) is 30.4 Å². The SMILES string of the molecule is CS(=O)(=O)N1CC(C(=O)NCc2ccc(CN3CCCCC3)cc2)Oc2ccccc21. The number of rotatable bonds is 6. The Labute approximate surface area is 184 Å². The van der Waals surface area contributed by atoms with E-state index in [9.17, 15) is 13.2 Å². The number of sulfonamides is 1. The standard InChI is InChI=1S/C23H29N3O4S/c1-31(28,29)26-17-22(30-21-8-4-3-7-20(21)26)23(27)24-15-18-9-11-19(12-10-18)16-25-13-5-2-6-14-25/h3-4,7-12,22H,2,5-6,13-17H2,1H3,(H,24,27). The third kappa shape index (κ3) is 5.37. The number of ether oxygens (including phenoxy) is 1. The van der Waals surface area contributed by atoms with Crippen molar-refractivity contribution in [3.05, 3.63) is 59.7 Å². The van der Waals surface area contributed by atoms with Gasteiger partial charge in [0.15, 0.2) is 6.10 Å². The molecule has 31 heavy (non-hydrogen) atoms. The van der Waals surface area contributed by atoms with E-state index in [1.54, 1.807) is 24.3 Å². The molecule has 1 unspecified atom stereocenters. The Hall–Kier alpha value is -2.58. The summed E-state index contributed by atoms with van der Waals surface area (Å²) in [6.07, 6.45) is 4.11. The summed E-state index contributed by atoms with van der Waals surface area (Å²) in [5.74, 6) is 0.0573. The van der Waals surface area contributed by atoms with Gasteiger partial charge in [-0.15, -0.1) is 0 Å². The molecule has 1 saturated heterocycles. The van der Waals surface area contributed by atoms with Gasteiger partial charge < -0.3 is 10.1 Å². The van der Waals surface area contributed by atoms with E-state index in [4.69, 9.17) is 4.74 Å². The number of fused-ring (bicyclic) bond motifs is 1. The molecule has 4 rings (SSSR count). The van der Waals surface area contributed by atoms with E-state index in [0.717, 1.165) is 31.5 Å². The fourth-order valence-corrected chi connectivity index (χ4v) is 5.01. The Balaban J connectivity index is 1.35. The highest BCUT2D eigenvalue weighted by molar-refractivity contribution is 7.92. The largest absolute Gasteiger partial charge is 0.476 e. The minimum Gasteiger partial charge on any atom is -0.476 e. The first-order valence-corrected chi connectivity index (χ1v) is 12.6. The minimum absolute atomic E-state index is 0.0452. The Morgan fingerprint density at radius 1 is 1.03 bits per heavy atom. The Bertz CT molecular complexity index is 1020. The summed E-state index contributed by atoms with van der Waals surface area (Å²) in [5.41, 5.74) is 2.72. The highest BCUT2D eigenvalue weighted by atomic mass is 32.2. The van der Waals surface area contributed by atoms with Crippen molar-refractivity contribution in [3.63, 3.8) is 0 Å². The first-order chi connectivity index (χ1) is 14.9. The predicted molar refractivity (Wildman–Crippen MR) is 120 cm³/mol. The lowest BCUT2D eigenvalue weighted by molar-refractivity contribution is -0.127. The first-order valence-electron chi connectivity index (χ1n) is 10.7. The van der Waals surface area contributed by atoms with Crippen molar-refractivity contribution in [3.8, 4) is 5.75 Å². The minimum atomic E-state index is -3.52. The summed E-state index contributed by atoms with van der Waals surface area (Å²) in [7, 11) is -3.52. The fourth-order valence-electron chi connectivity index (χ4n) is 4.09. The van der Waals surface area contributed by atoms with Crippen molar-refractivity contribution in [2.75, 3.05) is 30.2 Å². The second-order valence-electron chi connectivity index (χ2n) is 8.24. The molecule has 1 N–H and O–H groups in total. The molecular formula is C23H29N3O4S. The number of para-hydroxylation sites is 2. The third-order valence-electron chi connectivity index (χ3n) is 5.77. The maximum atomic E-state index is 12.7. The second kappa shape index (κ2) is 9.28. The zero-order valence-corrected chi connectivity index (χ0v) is 18.6. The zero-order valence-electron chi connectivity index (χ0n) is 17.8. The van der Waals surface area contributed by atoms with Crippen LogP contribution in [0.3, 0.4) is 0 Å². The number of hydrogen-bond donors (Lipinski definition) is 1. The predicted octanol–water partition coefficient (Wildman–Crippen LogP) is 2.52. The van der Waals surface area contributed by atoms with Gasteiger partial charge in [0.2, 0.25) is 10.0 Å². The lowest BCUT2D eigenvalue weighted by Gasteiger charge is -2.33. The van der Waals surface area contributed by atoms with Gasteiger partial charge in [-0.05, 0) is 49.2 Å². The van der Waals surface area contributed by atoms with Crippen molar-refractivity contribution >= 4 is 21.6 Å². The number of carbonyl (C=O) groups is 1. The molecule has 2 aromatic carbocycles. The topological polar surface area (TPSA) is 79.0 Å². The maximum Gasteiger partial charge on any atom is 0.263 e. The smallest absolute Gasteiger partial charge is 0.263 e. The fraction of sp³-hybridized carbons (Fsp3) is 0.435. The molecular weight excluding hydrogens is 414 g/mol. The van der Waals surface area contributed by atoms with Gasteiger partial charge in [0.05, 0.1) is 18.5 Å². The molecule has 2 aromatic rings. The van der Waals surface area contributed by atoms with E-state index in [1.807, 2.05) is 12.1 Å². The van der Waals surface area contributed by atoms with E-state index < -0.39 is 16.1 Å². The highest BCUT2D eigenvalue weighted by Gasteiger charge is 2.34. The van der Waals surface area contributed by atoms with E-state index >= 15 is 0 Å².